The molecule has 2 amide bonds. The largest absolute Gasteiger partial charge is 0.450 e. The van der Waals surface area contributed by atoms with Crippen molar-refractivity contribution in [2.75, 3.05) is 46.4 Å². The Morgan fingerprint density at radius 1 is 1.17 bits per heavy atom. The van der Waals surface area contributed by atoms with Gasteiger partial charge in [0.2, 0.25) is 5.91 Å². The summed E-state index contributed by atoms with van der Waals surface area (Å²) in [6.45, 7) is 9.19. The SMILES string of the molecule is CCOC(=O)N1CCN(C(=NC)NCCC(=O)NC(C)C)CC1.I. The monoisotopic (exact) mass is 455 g/mol. The Morgan fingerprint density at radius 2 is 1.75 bits per heavy atom. The molecule has 1 rings (SSSR count). The Kier molecular flexibility index (Phi) is 11.5. The molecule has 2 N–H and O–H groups in total. The molecule has 8 nitrogen and oxygen atoms in total. The van der Waals surface area contributed by atoms with Gasteiger partial charge in [-0.25, -0.2) is 4.79 Å². The van der Waals surface area contributed by atoms with Gasteiger partial charge in [0.15, 0.2) is 5.96 Å². The van der Waals surface area contributed by atoms with Crippen LogP contribution in [0, 0.1) is 0 Å². The molecule has 0 atom stereocenters. The standard InChI is InChI=1S/C15H29N5O3.HI/c1-5-23-15(22)20-10-8-19(9-11-20)14(16-4)17-7-6-13(21)18-12(2)3;/h12H,5-11H2,1-4H3,(H,16,17)(H,18,21);1H. The molecule has 0 aromatic carbocycles. The third-order valence-electron chi connectivity index (χ3n) is 3.40. The number of guanidine groups is 1. The average Bonchev–Trinajstić information content (AvgIpc) is 2.51. The second-order valence-electron chi connectivity index (χ2n) is 5.62. The first kappa shape index (κ1) is 22.7. The van der Waals surface area contributed by atoms with Crippen LogP contribution in [0.15, 0.2) is 4.99 Å². The minimum absolute atomic E-state index is 0. The van der Waals surface area contributed by atoms with E-state index < -0.39 is 0 Å². The zero-order valence-corrected chi connectivity index (χ0v) is 17.3. The van der Waals surface area contributed by atoms with Gasteiger partial charge < -0.3 is 25.2 Å². The number of amides is 2. The molecule has 0 spiro atoms. The lowest BCUT2D eigenvalue weighted by Gasteiger charge is -2.35. The minimum atomic E-state index is -0.263. The highest BCUT2D eigenvalue weighted by Gasteiger charge is 2.23. The molecule has 0 bridgehead atoms. The van der Waals surface area contributed by atoms with Gasteiger partial charge in [-0.05, 0) is 20.8 Å². The molecule has 140 valence electrons. The van der Waals surface area contributed by atoms with Gasteiger partial charge in [-0.3, -0.25) is 9.79 Å². The summed E-state index contributed by atoms with van der Waals surface area (Å²) in [6.07, 6.45) is 0.139. The van der Waals surface area contributed by atoms with Crippen LogP contribution in [0.5, 0.6) is 0 Å². The van der Waals surface area contributed by atoms with E-state index in [2.05, 4.69) is 20.5 Å². The first-order valence-electron chi connectivity index (χ1n) is 8.14. The number of rotatable bonds is 5. The van der Waals surface area contributed by atoms with Crippen molar-refractivity contribution in [1.29, 1.82) is 0 Å². The van der Waals surface area contributed by atoms with Crippen LogP contribution in [0.2, 0.25) is 0 Å². The van der Waals surface area contributed by atoms with Crippen molar-refractivity contribution in [2.45, 2.75) is 33.2 Å². The maximum absolute atomic E-state index is 11.7. The zero-order chi connectivity index (χ0) is 17.2. The molecule has 0 unspecified atom stereocenters. The van der Waals surface area contributed by atoms with Crippen molar-refractivity contribution in [3.05, 3.63) is 0 Å². The number of halogens is 1. The van der Waals surface area contributed by atoms with Crippen LogP contribution in [0.25, 0.3) is 0 Å². The van der Waals surface area contributed by atoms with E-state index in [1.54, 1.807) is 18.9 Å². The topological polar surface area (TPSA) is 86.3 Å². The van der Waals surface area contributed by atoms with E-state index >= 15 is 0 Å². The van der Waals surface area contributed by atoms with Gasteiger partial charge in [0.25, 0.3) is 0 Å². The number of nitrogens with one attached hydrogen (secondary N) is 2. The van der Waals surface area contributed by atoms with E-state index in [0.29, 0.717) is 45.8 Å². The van der Waals surface area contributed by atoms with E-state index in [4.69, 9.17) is 4.74 Å². The van der Waals surface area contributed by atoms with Crippen molar-refractivity contribution < 1.29 is 14.3 Å². The summed E-state index contributed by atoms with van der Waals surface area (Å²) in [5.41, 5.74) is 0. The molecule has 1 saturated heterocycles. The second kappa shape index (κ2) is 12.2. The van der Waals surface area contributed by atoms with E-state index in [-0.39, 0.29) is 42.0 Å². The molecule has 24 heavy (non-hydrogen) atoms. The van der Waals surface area contributed by atoms with Crippen LogP contribution in [-0.4, -0.2) is 80.2 Å². The van der Waals surface area contributed by atoms with Crippen LogP contribution < -0.4 is 10.6 Å². The molecule has 1 aliphatic heterocycles. The fraction of sp³-hybridized carbons (Fsp3) is 0.800. The summed E-state index contributed by atoms with van der Waals surface area (Å²) in [4.78, 5) is 31.3. The molecule has 1 fully saturated rings. The summed E-state index contributed by atoms with van der Waals surface area (Å²) in [6, 6.07) is 0.151. The maximum Gasteiger partial charge on any atom is 0.409 e. The van der Waals surface area contributed by atoms with Gasteiger partial charge in [0, 0.05) is 52.2 Å². The first-order chi connectivity index (χ1) is 11.0. The van der Waals surface area contributed by atoms with Crippen LogP contribution in [0.3, 0.4) is 0 Å². The quantitative estimate of drug-likeness (QED) is 0.365. The van der Waals surface area contributed by atoms with Gasteiger partial charge in [0.1, 0.15) is 0 Å². The van der Waals surface area contributed by atoms with Crippen molar-refractivity contribution in [3.8, 4) is 0 Å². The maximum atomic E-state index is 11.7. The zero-order valence-electron chi connectivity index (χ0n) is 15.0. The Balaban J connectivity index is 0.00000529. The molecular formula is C15H30IN5O3. The summed E-state index contributed by atoms with van der Waals surface area (Å²) < 4.78 is 5.00. The Bertz CT molecular complexity index is 423. The lowest BCUT2D eigenvalue weighted by Crippen LogP contribution is -2.54. The van der Waals surface area contributed by atoms with Gasteiger partial charge in [0.05, 0.1) is 6.61 Å². The summed E-state index contributed by atoms with van der Waals surface area (Å²) in [7, 11) is 1.72. The fourth-order valence-corrected chi connectivity index (χ4v) is 2.33. The lowest BCUT2D eigenvalue weighted by molar-refractivity contribution is -0.121. The van der Waals surface area contributed by atoms with Crippen LogP contribution in [-0.2, 0) is 9.53 Å². The van der Waals surface area contributed by atoms with Gasteiger partial charge in [-0.2, -0.15) is 0 Å². The molecule has 9 heteroatoms. The number of nitrogens with zero attached hydrogens (tertiary/aromatic N) is 3. The Morgan fingerprint density at radius 3 is 2.25 bits per heavy atom. The molecule has 0 radical (unpaired) electrons. The molecule has 1 aliphatic rings. The van der Waals surface area contributed by atoms with E-state index in [0.717, 1.165) is 5.96 Å². The van der Waals surface area contributed by atoms with Gasteiger partial charge in [-0.15, -0.1) is 24.0 Å². The average molecular weight is 455 g/mol. The molecule has 0 aliphatic carbocycles. The number of carbonyl (C=O) groups excluding carboxylic acids is 2. The highest BCUT2D eigenvalue weighted by Crippen LogP contribution is 2.04. The fourth-order valence-electron chi connectivity index (χ4n) is 2.33. The third kappa shape index (κ3) is 8.02. The summed E-state index contributed by atoms with van der Waals surface area (Å²) in [5, 5.41) is 6.05. The number of carbonyl (C=O) groups is 2. The smallest absolute Gasteiger partial charge is 0.409 e. The second-order valence-corrected chi connectivity index (χ2v) is 5.62. The number of ether oxygens (including phenoxy) is 1. The van der Waals surface area contributed by atoms with Crippen molar-refractivity contribution in [2.24, 2.45) is 4.99 Å². The Labute approximate surface area is 161 Å². The van der Waals surface area contributed by atoms with Crippen LogP contribution in [0.1, 0.15) is 27.2 Å². The highest BCUT2D eigenvalue weighted by atomic mass is 127. The molecule has 1 heterocycles. The number of hydrogen-bond donors (Lipinski definition) is 2. The number of aliphatic imine (C=N–C) groups is 1. The number of hydrogen-bond acceptors (Lipinski definition) is 4. The molecule has 0 saturated carbocycles. The first-order valence-corrected chi connectivity index (χ1v) is 8.14. The van der Waals surface area contributed by atoms with E-state index in [1.165, 1.54) is 0 Å². The lowest BCUT2D eigenvalue weighted by atomic mass is 10.3. The molecule has 0 aromatic rings. The molecular weight excluding hydrogens is 425 g/mol. The summed E-state index contributed by atoms with van der Waals surface area (Å²) in [5.74, 6) is 0.779. The minimum Gasteiger partial charge on any atom is -0.450 e. The molecule has 0 aromatic heterocycles. The predicted octanol–water partition coefficient (Wildman–Crippen LogP) is 0.869. The van der Waals surface area contributed by atoms with E-state index in [9.17, 15) is 9.59 Å². The number of piperazine rings is 1. The van der Waals surface area contributed by atoms with Crippen LogP contribution >= 0.6 is 24.0 Å². The van der Waals surface area contributed by atoms with Crippen molar-refractivity contribution in [1.82, 2.24) is 20.4 Å². The van der Waals surface area contributed by atoms with Crippen molar-refractivity contribution in [3.63, 3.8) is 0 Å². The highest BCUT2D eigenvalue weighted by molar-refractivity contribution is 14.0. The Hall–Kier alpha value is -1.26. The van der Waals surface area contributed by atoms with Crippen molar-refractivity contribution >= 4 is 41.9 Å². The summed E-state index contributed by atoms with van der Waals surface area (Å²) >= 11 is 0. The van der Waals surface area contributed by atoms with Gasteiger partial charge in [-0.1, -0.05) is 0 Å². The van der Waals surface area contributed by atoms with E-state index in [1.807, 2.05) is 13.8 Å². The normalized spacial score (nSPS) is 15.0. The van der Waals surface area contributed by atoms with Crippen LogP contribution in [0.4, 0.5) is 4.79 Å². The third-order valence-corrected chi connectivity index (χ3v) is 3.40. The predicted molar refractivity (Wildman–Crippen MR) is 105 cm³/mol. The van der Waals surface area contributed by atoms with Gasteiger partial charge >= 0.3 is 6.09 Å².